The normalized spacial score (nSPS) is 11.6. The zero-order chi connectivity index (χ0) is 25.9. The van der Waals surface area contributed by atoms with Gasteiger partial charge < -0.3 is 5.11 Å². The Morgan fingerprint density at radius 3 is 2.46 bits per heavy atom. The predicted molar refractivity (Wildman–Crippen MR) is 140 cm³/mol. The number of nitrogens with zero attached hydrogens (tertiary/aromatic N) is 1. The number of carbonyl (C=O) groups is 2. The summed E-state index contributed by atoms with van der Waals surface area (Å²) in [5, 5.41) is 13.8. The molecule has 0 saturated heterocycles. The molecule has 2 N–H and O–H groups in total. The van der Waals surface area contributed by atoms with Gasteiger partial charge in [-0.25, -0.2) is 14.2 Å². The maximum Gasteiger partial charge on any atom is 0.331 e. The van der Waals surface area contributed by atoms with Crippen molar-refractivity contribution >= 4 is 57.6 Å². The highest BCUT2D eigenvalue weighted by atomic mass is 35.5. The number of amides is 1. The van der Waals surface area contributed by atoms with Crippen LogP contribution in [-0.2, 0) is 4.79 Å². The highest BCUT2D eigenvalue weighted by molar-refractivity contribution is 7.14. The van der Waals surface area contributed by atoms with E-state index in [1.807, 2.05) is 20.8 Å². The van der Waals surface area contributed by atoms with Crippen LogP contribution in [-0.4, -0.2) is 22.0 Å². The smallest absolute Gasteiger partial charge is 0.331 e. The van der Waals surface area contributed by atoms with Crippen LogP contribution < -0.4 is 5.32 Å². The van der Waals surface area contributed by atoms with E-state index in [0.717, 1.165) is 11.3 Å². The molecule has 0 aliphatic carbocycles. The third-order valence-corrected chi connectivity index (χ3v) is 5.99. The van der Waals surface area contributed by atoms with Gasteiger partial charge in [0.25, 0.3) is 5.91 Å². The first-order valence-electron chi connectivity index (χ1n) is 10.4. The summed E-state index contributed by atoms with van der Waals surface area (Å²) in [7, 11) is 0. The molecule has 0 unspecified atom stereocenters. The van der Waals surface area contributed by atoms with E-state index in [2.05, 4.69) is 22.1 Å². The number of benzene rings is 2. The van der Waals surface area contributed by atoms with E-state index >= 15 is 4.39 Å². The van der Waals surface area contributed by atoms with Gasteiger partial charge in [-0.05, 0) is 58.0 Å². The molecule has 3 aromatic rings. The Bertz CT molecular complexity index is 1390. The molecule has 35 heavy (non-hydrogen) atoms. The van der Waals surface area contributed by atoms with Gasteiger partial charge >= 0.3 is 5.97 Å². The van der Waals surface area contributed by atoms with Crippen molar-refractivity contribution in [3.63, 3.8) is 0 Å². The second kappa shape index (κ2) is 10.6. The molecule has 1 heterocycles. The standard InChI is InChI=1S/C26H21Cl2FN2O3S/c1-14(24(33)34)10-18-19(27)11-16(12-20(18)28)23(32)31-25-30-21(13-35-25)17-7-5-6-15(22(17)29)8-9-26(2,3)4/h5-7,10-13H,1-4H3,(H,33,34)(H,30,31,32)/b14-10+. The van der Waals surface area contributed by atoms with E-state index < -0.39 is 17.7 Å². The lowest BCUT2D eigenvalue weighted by molar-refractivity contribution is -0.132. The fraction of sp³-hybridized carbons (Fsp3) is 0.192. The van der Waals surface area contributed by atoms with Crippen LogP contribution in [0.1, 0.15) is 49.2 Å². The number of halogens is 3. The molecule has 0 fully saturated rings. The number of rotatable bonds is 5. The van der Waals surface area contributed by atoms with Gasteiger partial charge in [0.2, 0.25) is 0 Å². The Morgan fingerprint density at radius 2 is 1.86 bits per heavy atom. The highest BCUT2D eigenvalue weighted by Gasteiger charge is 2.17. The molecular weight excluding hydrogens is 510 g/mol. The number of anilines is 1. The first-order chi connectivity index (χ1) is 16.4. The van der Waals surface area contributed by atoms with Crippen molar-refractivity contribution in [2.75, 3.05) is 5.32 Å². The minimum atomic E-state index is -1.11. The fourth-order valence-corrected chi connectivity index (χ4v) is 4.14. The molecule has 1 aromatic heterocycles. The van der Waals surface area contributed by atoms with Gasteiger partial charge in [0.05, 0.1) is 21.3 Å². The Kier molecular flexibility index (Phi) is 8.01. The topological polar surface area (TPSA) is 79.3 Å². The van der Waals surface area contributed by atoms with E-state index in [9.17, 15) is 9.59 Å². The number of carboxylic acid groups (broad SMARTS) is 1. The lowest BCUT2D eigenvalue weighted by atomic mass is 9.97. The molecule has 0 saturated carbocycles. The van der Waals surface area contributed by atoms with Crippen LogP contribution in [0.15, 0.2) is 41.3 Å². The van der Waals surface area contributed by atoms with Crippen molar-refractivity contribution in [1.29, 1.82) is 0 Å². The summed E-state index contributed by atoms with van der Waals surface area (Å²) in [6, 6.07) is 7.68. The number of carbonyl (C=O) groups excluding carboxylic acids is 1. The lowest BCUT2D eigenvalue weighted by Crippen LogP contribution is -2.12. The summed E-state index contributed by atoms with van der Waals surface area (Å²) in [6.07, 6.45) is 1.33. The van der Waals surface area contributed by atoms with Gasteiger partial charge in [0.1, 0.15) is 5.82 Å². The largest absolute Gasteiger partial charge is 0.478 e. The summed E-state index contributed by atoms with van der Waals surface area (Å²) in [4.78, 5) is 28.1. The molecule has 5 nitrogen and oxygen atoms in total. The molecule has 0 aliphatic rings. The molecule has 0 spiro atoms. The Hall–Kier alpha value is -3.18. The van der Waals surface area contributed by atoms with Gasteiger partial charge in [0, 0.05) is 33.1 Å². The van der Waals surface area contributed by atoms with Crippen molar-refractivity contribution < 1.29 is 19.1 Å². The summed E-state index contributed by atoms with van der Waals surface area (Å²) in [5.74, 6) is 3.78. The van der Waals surface area contributed by atoms with E-state index in [1.54, 1.807) is 23.6 Å². The molecular formula is C26H21Cl2FN2O3S. The van der Waals surface area contributed by atoms with Crippen molar-refractivity contribution in [3.05, 3.63) is 73.8 Å². The van der Waals surface area contributed by atoms with E-state index in [-0.39, 0.29) is 42.9 Å². The molecule has 180 valence electrons. The third kappa shape index (κ3) is 6.70. The van der Waals surface area contributed by atoms with Crippen LogP contribution in [0.5, 0.6) is 0 Å². The molecule has 3 rings (SSSR count). The number of aliphatic carboxylic acids is 1. The molecule has 2 aromatic carbocycles. The molecule has 0 radical (unpaired) electrons. The maximum atomic E-state index is 15.0. The van der Waals surface area contributed by atoms with Gasteiger partial charge in [0.15, 0.2) is 5.13 Å². The van der Waals surface area contributed by atoms with Crippen molar-refractivity contribution in [3.8, 4) is 23.1 Å². The quantitative estimate of drug-likeness (QED) is 0.266. The molecule has 0 bridgehead atoms. The van der Waals surface area contributed by atoms with Crippen LogP contribution >= 0.6 is 34.5 Å². The van der Waals surface area contributed by atoms with E-state index in [1.165, 1.54) is 25.1 Å². The second-order valence-corrected chi connectivity index (χ2v) is 10.3. The van der Waals surface area contributed by atoms with E-state index in [4.69, 9.17) is 28.3 Å². The molecule has 9 heteroatoms. The predicted octanol–water partition coefficient (Wildman–Crippen LogP) is 7.39. The van der Waals surface area contributed by atoms with E-state index in [0.29, 0.717) is 11.3 Å². The summed E-state index contributed by atoms with van der Waals surface area (Å²) < 4.78 is 15.0. The number of aromatic nitrogens is 1. The Labute approximate surface area is 216 Å². The SMILES string of the molecule is C/C(=C\c1c(Cl)cc(C(=O)Nc2nc(-c3cccc(C#CC(C)(C)C)c3F)cs2)cc1Cl)C(=O)O. The average molecular weight is 531 g/mol. The number of hydrogen-bond donors (Lipinski definition) is 2. The Morgan fingerprint density at radius 1 is 1.20 bits per heavy atom. The van der Waals surface area contributed by atoms with Crippen LogP contribution in [0.25, 0.3) is 17.3 Å². The van der Waals surface area contributed by atoms with Crippen LogP contribution in [0.2, 0.25) is 10.0 Å². The summed E-state index contributed by atoms with van der Waals surface area (Å²) in [5.41, 5.74) is 1.14. The average Bonchev–Trinajstić information content (AvgIpc) is 3.22. The number of nitrogens with one attached hydrogen (secondary N) is 1. The van der Waals surface area contributed by atoms with Crippen molar-refractivity contribution in [1.82, 2.24) is 4.98 Å². The monoisotopic (exact) mass is 530 g/mol. The first kappa shape index (κ1) is 26.4. The third-order valence-electron chi connectivity index (χ3n) is 4.61. The van der Waals surface area contributed by atoms with Gasteiger partial charge in [-0.1, -0.05) is 41.1 Å². The number of thiazole rings is 1. The van der Waals surface area contributed by atoms with Crippen LogP contribution in [0.4, 0.5) is 9.52 Å². The van der Waals surface area contributed by atoms with Crippen LogP contribution in [0.3, 0.4) is 0 Å². The minimum absolute atomic E-state index is 0.0435. The Balaban J connectivity index is 1.84. The summed E-state index contributed by atoms with van der Waals surface area (Å²) in [6.45, 7) is 7.24. The van der Waals surface area contributed by atoms with Crippen LogP contribution in [0, 0.1) is 23.1 Å². The first-order valence-corrected chi connectivity index (χ1v) is 12.0. The van der Waals surface area contributed by atoms with Gasteiger partial charge in [-0.2, -0.15) is 0 Å². The second-order valence-electron chi connectivity index (χ2n) is 8.65. The van der Waals surface area contributed by atoms with Crippen molar-refractivity contribution in [2.45, 2.75) is 27.7 Å². The molecule has 1 amide bonds. The number of carboxylic acids is 1. The highest BCUT2D eigenvalue weighted by Crippen LogP contribution is 2.31. The van der Waals surface area contributed by atoms with Gasteiger partial charge in [-0.3, -0.25) is 10.1 Å². The molecule has 0 aliphatic heterocycles. The number of hydrogen-bond acceptors (Lipinski definition) is 4. The maximum absolute atomic E-state index is 15.0. The fourth-order valence-electron chi connectivity index (χ4n) is 2.84. The van der Waals surface area contributed by atoms with Gasteiger partial charge in [-0.15, -0.1) is 11.3 Å². The zero-order valence-corrected chi connectivity index (χ0v) is 21.6. The zero-order valence-electron chi connectivity index (χ0n) is 19.3. The molecule has 0 atom stereocenters. The summed E-state index contributed by atoms with van der Waals surface area (Å²) >= 11 is 13.6. The lowest BCUT2D eigenvalue weighted by Gasteiger charge is -2.08. The minimum Gasteiger partial charge on any atom is -0.478 e. The van der Waals surface area contributed by atoms with Crippen molar-refractivity contribution in [2.24, 2.45) is 5.41 Å².